The van der Waals surface area contributed by atoms with Crippen LogP contribution < -0.4 is 15.4 Å². The number of nitrogens with one attached hydrogen (secondary N) is 2. The van der Waals surface area contributed by atoms with Gasteiger partial charge in [-0.2, -0.15) is 5.26 Å². The van der Waals surface area contributed by atoms with Crippen LogP contribution >= 0.6 is 0 Å². The van der Waals surface area contributed by atoms with Crippen LogP contribution in [0.4, 0.5) is 5.69 Å². The highest BCUT2D eigenvalue weighted by Crippen LogP contribution is 2.17. The highest BCUT2D eigenvalue weighted by Gasteiger charge is 2.05. The smallest absolute Gasteiger partial charge is 0.238 e. The summed E-state index contributed by atoms with van der Waals surface area (Å²) in [4.78, 5) is 13.8. The predicted octanol–water partition coefficient (Wildman–Crippen LogP) is 3.93. The van der Waals surface area contributed by atoms with Crippen LogP contribution in [-0.2, 0) is 24.5 Å². The van der Waals surface area contributed by atoms with E-state index >= 15 is 0 Å². The first kappa shape index (κ1) is 23.0. The zero-order valence-electron chi connectivity index (χ0n) is 18.5. The van der Waals surface area contributed by atoms with Gasteiger partial charge < -0.3 is 20.3 Å². The molecule has 6 heteroatoms. The monoisotopic (exact) mass is 428 g/mol. The van der Waals surface area contributed by atoms with E-state index in [2.05, 4.69) is 16.7 Å². The van der Waals surface area contributed by atoms with Gasteiger partial charge in [-0.25, -0.2) is 0 Å². The zero-order valence-corrected chi connectivity index (χ0v) is 18.5. The van der Waals surface area contributed by atoms with Gasteiger partial charge in [-0.3, -0.25) is 4.79 Å². The maximum atomic E-state index is 11.9. The molecule has 0 heterocycles. The second-order valence-corrected chi connectivity index (χ2v) is 7.79. The molecule has 0 aliphatic rings. The Kier molecular flexibility index (Phi) is 8.38. The fourth-order valence-corrected chi connectivity index (χ4v) is 3.26. The van der Waals surface area contributed by atoms with Crippen molar-refractivity contribution < 1.29 is 9.53 Å². The van der Waals surface area contributed by atoms with Crippen molar-refractivity contribution >= 4 is 11.6 Å². The number of benzene rings is 3. The number of likely N-dealkylation sites (N-methyl/N-ethyl adjacent to an activating group) is 1. The normalized spacial score (nSPS) is 10.6. The molecule has 3 aromatic carbocycles. The van der Waals surface area contributed by atoms with Crippen molar-refractivity contribution in [1.82, 2.24) is 10.2 Å². The van der Waals surface area contributed by atoms with Crippen LogP contribution in [0, 0.1) is 11.3 Å². The first-order chi connectivity index (χ1) is 15.5. The van der Waals surface area contributed by atoms with E-state index in [0.29, 0.717) is 31.8 Å². The Morgan fingerprint density at radius 2 is 1.69 bits per heavy atom. The molecule has 0 aliphatic heterocycles. The van der Waals surface area contributed by atoms with Crippen molar-refractivity contribution in [3.63, 3.8) is 0 Å². The molecule has 164 valence electrons. The average Bonchev–Trinajstić information content (AvgIpc) is 2.78. The molecule has 0 saturated heterocycles. The Hall–Kier alpha value is -3.66. The second-order valence-electron chi connectivity index (χ2n) is 7.79. The Morgan fingerprint density at radius 1 is 0.969 bits per heavy atom. The van der Waals surface area contributed by atoms with Gasteiger partial charge in [-0.1, -0.05) is 42.5 Å². The van der Waals surface area contributed by atoms with E-state index < -0.39 is 0 Å². The number of carbonyl (C=O) groups excluding carboxylic acids is 1. The number of nitriles is 1. The fourth-order valence-electron chi connectivity index (χ4n) is 3.26. The number of anilines is 1. The van der Waals surface area contributed by atoms with Gasteiger partial charge >= 0.3 is 0 Å². The van der Waals surface area contributed by atoms with E-state index in [-0.39, 0.29) is 5.91 Å². The summed E-state index contributed by atoms with van der Waals surface area (Å²) in [5.41, 5.74) is 4.49. The van der Waals surface area contributed by atoms with Gasteiger partial charge in [-0.05, 0) is 55.6 Å². The van der Waals surface area contributed by atoms with Crippen molar-refractivity contribution in [2.75, 3.05) is 26.0 Å². The molecule has 1 amide bonds. The number of ether oxygens (including phenoxy) is 1. The molecular formula is C26H28N4O2. The summed E-state index contributed by atoms with van der Waals surface area (Å²) < 4.78 is 5.90. The average molecular weight is 429 g/mol. The summed E-state index contributed by atoms with van der Waals surface area (Å²) in [5, 5.41) is 15.6. The molecule has 0 fully saturated rings. The lowest BCUT2D eigenvalue weighted by molar-refractivity contribution is -0.116. The van der Waals surface area contributed by atoms with Gasteiger partial charge in [0, 0.05) is 24.3 Å². The van der Waals surface area contributed by atoms with Gasteiger partial charge in [0.1, 0.15) is 12.4 Å². The lowest BCUT2D eigenvalue weighted by atomic mass is 10.1. The molecule has 0 saturated carbocycles. The highest BCUT2D eigenvalue weighted by atomic mass is 16.5. The van der Waals surface area contributed by atoms with Crippen LogP contribution in [-0.4, -0.2) is 31.4 Å². The molecule has 3 aromatic rings. The van der Waals surface area contributed by atoms with E-state index in [1.165, 1.54) is 0 Å². The molecule has 0 radical (unpaired) electrons. The Morgan fingerprint density at radius 3 is 2.44 bits per heavy atom. The Balaban J connectivity index is 1.51. The SMILES string of the molecule is CN(C)CC(=O)Nc1cccc(CNCc2cccc(OCc3ccccc3C#N)c2)c1. The third kappa shape index (κ3) is 7.24. The second kappa shape index (κ2) is 11.7. The van der Waals surface area contributed by atoms with Crippen molar-refractivity contribution in [3.8, 4) is 11.8 Å². The van der Waals surface area contributed by atoms with Crippen LogP contribution in [0.15, 0.2) is 72.8 Å². The summed E-state index contributed by atoms with van der Waals surface area (Å²) in [6, 6.07) is 25.4. The quantitative estimate of drug-likeness (QED) is 0.512. The van der Waals surface area contributed by atoms with E-state index in [9.17, 15) is 10.1 Å². The molecule has 0 aliphatic carbocycles. The van der Waals surface area contributed by atoms with E-state index in [1.807, 2.05) is 85.7 Å². The molecule has 0 unspecified atom stereocenters. The third-order valence-corrected chi connectivity index (χ3v) is 4.76. The summed E-state index contributed by atoms with van der Waals surface area (Å²) >= 11 is 0. The van der Waals surface area contributed by atoms with Crippen LogP contribution in [0.5, 0.6) is 5.75 Å². The van der Waals surface area contributed by atoms with E-state index in [0.717, 1.165) is 28.1 Å². The molecule has 6 nitrogen and oxygen atoms in total. The highest BCUT2D eigenvalue weighted by molar-refractivity contribution is 5.92. The number of amides is 1. The molecule has 2 N–H and O–H groups in total. The number of hydrogen-bond acceptors (Lipinski definition) is 5. The molecular weight excluding hydrogens is 400 g/mol. The fraction of sp³-hybridized carbons (Fsp3) is 0.231. The maximum Gasteiger partial charge on any atom is 0.238 e. The molecule has 32 heavy (non-hydrogen) atoms. The molecule has 0 aromatic heterocycles. The van der Waals surface area contributed by atoms with Crippen LogP contribution in [0.3, 0.4) is 0 Å². The van der Waals surface area contributed by atoms with Gasteiger partial charge in [0.2, 0.25) is 5.91 Å². The van der Waals surface area contributed by atoms with Gasteiger partial charge in [0.25, 0.3) is 0 Å². The first-order valence-electron chi connectivity index (χ1n) is 10.5. The van der Waals surface area contributed by atoms with E-state index in [4.69, 9.17) is 4.74 Å². The summed E-state index contributed by atoms with van der Waals surface area (Å²) in [6.45, 7) is 2.07. The van der Waals surface area contributed by atoms with Gasteiger partial charge in [-0.15, -0.1) is 0 Å². The van der Waals surface area contributed by atoms with Crippen molar-refractivity contribution in [3.05, 3.63) is 95.1 Å². The number of carbonyl (C=O) groups is 1. The standard InChI is InChI=1S/C26H28N4O2/c1-30(2)18-26(31)29-24-11-5-7-20(13-24)16-28-17-21-8-6-12-25(14-21)32-19-23-10-4-3-9-22(23)15-27/h3-14,28H,16-19H2,1-2H3,(H,29,31). The van der Waals surface area contributed by atoms with E-state index in [1.54, 1.807) is 6.07 Å². The Bertz CT molecular complexity index is 1090. The number of hydrogen-bond donors (Lipinski definition) is 2. The minimum absolute atomic E-state index is 0.0330. The molecule has 0 atom stereocenters. The summed E-state index contributed by atoms with van der Waals surface area (Å²) in [7, 11) is 3.73. The predicted molar refractivity (Wildman–Crippen MR) is 126 cm³/mol. The minimum Gasteiger partial charge on any atom is -0.489 e. The molecule has 0 spiro atoms. The van der Waals surface area contributed by atoms with Crippen LogP contribution in [0.25, 0.3) is 0 Å². The molecule has 0 bridgehead atoms. The number of rotatable bonds is 10. The largest absolute Gasteiger partial charge is 0.489 e. The lowest BCUT2D eigenvalue weighted by Crippen LogP contribution is -2.27. The minimum atomic E-state index is -0.0330. The number of nitrogens with zero attached hydrogens (tertiary/aromatic N) is 2. The van der Waals surface area contributed by atoms with Crippen molar-refractivity contribution in [2.45, 2.75) is 19.7 Å². The van der Waals surface area contributed by atoms with Gasteiger partial charge in [0.15, 0.2) is 0 Å². The van der Waals surface area contributed by atoms with Crippen molar-refractivity contribution in [1.29, 1.82) is 5.26 Å². The van der Waals surface area contributed by atoms with Crippen molar-refractivity contribution in [2.24, 2.45) is 0 Å². The zero-order chi connectivity index (χ0) is 22.8. The van der Waals surface area contributed by atoms with Crippen LogP contribution in [0.2, 0.25) is 0 Å². The maximum absolute atomic E-state index is 11.9. The topological polar surface area (TPSA) is 77.4 Å². The lowest BCUT2D eigenvalue weighted by Gasteiger charge is -2.12. The molecule has 3 rings (SSSR count). The summed E-state index contributed by atoms with van der Waals surface area (Å²) in [6.07, 6.45) is 0. The summed E-state index contributed by atoms with van der Waals surface area (Å²) in [5.74, 6) is 0.733. The van der Waals surface area contributed by atoms with Gasteiger partial charge in [0.05, 0.1) is 18.2 Å². The third-order valence-electron chi connectivity index (χ3n) is 4.76. The van der Waals surface area contributed by atoms with Crippen LogP contribution in [0.1, 0.15) is 22.3 Å². The Labute approximate surface area is 189 Å². The first-order valence-corrected chi connectivity index (χ1v) is 10.5.